The molecular weight excluding hydrogens is 188 g/mol. The van der Waals surface area contributed by atoms with Gasteiger partial charge in [0.05, 0.1) is 0 Å². The fourth-order valence-electron chi connectivity index (χ4n) is 1.28. The van der Waals surface area contributed by atoms with Gasteiger partial charge in [-0.25, -0.2) is 0 Å². The highest BCUT2D eigenvalue weighted by Crippen LogP contribution is 2.08. The monoisotopic (exact) mass is 207 g/mol. The molecule has 0 saturated heterocycles. The molecule has 0 atom stereocenters. The maximum atomic E-state index is 12.2. The van der Waals surface area contributed by atoms with Crippen LogP contribution in [0.5, 0.6) is 0 Å². The van der Waals surface area contributed by atoms with E-state index in [0.717, 1.165) is 19.3 Å². The summed E-state index contributed by atoms with van der Waals surface area (Å²) in [4.78, 5) is 12.3. The van der Waals surface area contributed by atoms with Gasteiger partial charge in [-0.2, -0.15) is 8.78 Å². The summed E-state index contributed by atoms with van der Waals surface area (Å²) >= 11 is 0. The Morgan fingerprint density at radius 1 is 1.29 bits per heavy atom. The van der Waals surface area contributed by atoms with Crippen LogP contribution < -0.4 is 0 Å². The summed E-state index contributed by atoms with van der Waals surface area (Å²) in [6.45, 7) is 5.99. The van der Waals surface area contributed by atoms with Crippen molar-refractivity contribution in [3.05, 3.63) is 0 Å². The third-order valence-corrected chi connectivity index (χ3v) is 2.10. The number of unbranched alkanes of at least 4 members (excludes halogenated alkanes) is 2. The van der Waals surface area contributed by atoms with Crippen LogP contribution in [0.1, 0.15) is 40.0 Å². The SMILES string of the molecule is CCCCCN(C(=O)C(F)F)C(C)C. The standard InChI is InChI=1S/C10H19F2NO/c1-4-5-6-7-13(8(2)3)10(14)9(11)12/h8-9H,4-7H2,1-3H3. The van der Waals surface area contributed by atoms with Gasteiger partial charge in [0.15, 0.2) is 0 Å². The number of nitrogens with zero attached hydrogens (tertiary/aromatic N) is 1. The fourth-order valence-corrected chi connectivity index (χ4v) is 1.28. The molecule has 0 radical (unpaired) electrons. The summed E-state index contributed by atoms with van der Waals surface area (Å²) in [5.41, 5.74) is 0. The molecule has 1 amide bonds. The molecule has 0 aromatic heterocycles. The Bertz CT molecular complexity index is 172. The first-order chi connectivity index (χ1) is 6.50. The van der Waals surface area contributed by atoms with E-state index in [1.54, 1.807) is 13.8 Å². The fraction of sp³-hybridized carbons (Fsp3) is 0.900. The topological polar surface area (TPSA) is 20.3 Å². The lowest BCUT2D eigenvalue weighted by Gasteiger charge is -2.26. The average Bonchev–Trinajstić information content (AvgIpc) is 2.10. The van der Waals surface area contributed by atoms with E-state index >= 15 is 0 Å². The number of carbonyl (C=O) groups is 1. The van der Waals surface area contributed by atoms with Gasteiger partial charge in [0.1, 0.15) is 0 Å². The van der Waals surface area contributed by atoms with E-state index in [2.05, 4.69) is 0 Å². The molecule has 0 aromatic carbocycles. The Labute approximate surface area is 84.3 Å². The summed E-state index contributed by atoms with van der Waals surface area (Å²) in [7, 11) is 0. The van der Waals surface area contributed by atoms with Crippen molar-refractivity contribution in [3.63, 3.8) is 0 Å². The zero-order valence-electron chi connectivity index (χ0n) is 9.09. The van der Waals surface area contributed by atoms with Crippen LogP contribution in [0, 0.1) is 0 Å². The maximum absolute atomic E-state index is 12.2. The molecule has 0 aliphatic rings. The van der Waals surface area contributed by atoms with Crippen molar-refractivity contribution < 1.29 is 13.6 Å². The van der Waals surface area contributed by atoms with E-state index < -0.39 is 12.3 Å². The second-order valence-corrected chi connectivity index (χ2v) is 3.63. The van der Waals surface area contributed by atoms with E-state index in [-0.39, 0.29) is 6.04 Å². The van der Waals surface area contributed by atoms with E-state index in [4.69, 9.17) is 0 Å². The number of alkyl halides is 2. The minimum absolute atomic E-state index is 0.145. The van der Waals surface area contributed by atoms with Crippen LogP contribution in [0.15, 0.2) is 0 Å². The summed E-state index contributed by atoms with van der Waals surface area (Å²) in [5.74, 6) is -1.05. The van der Waals surface area contributed by atoms with E-state index in [9.17, 15) is 13.6 Å². The molecule has 0 saturated carbocycles. The van der Waals surface area contributed by atoms with E-state index in [1.807, 2.05) is 6.92 Å². The normalized spacial score (nSPS) is 11.1. The molecule has 2 nitrogen and oxygen atoms in total. The predicted molar refractivity (Wildman–Crippen MR) is 52.4 cm³/mol. The van der Waals surface area contributed by atoms with Crippen molar-refractivity contribution in [2.45, 2.75) is 52.5 Å². The summed E-state index contributed by atoms with van der Waals surface area (Å²) in [5, 5.41) is 0. The van der Waals surface area contributed by atoms with Gasteiger partial charge < -0.3 is 4.90 Å². The predicted octanol–water partition coefficient (Wildman–Crippen LogP) is 2.68. The lowest BCUT2D eigenvalue weighted by atomic mass is 10.2. The van der Waals surface area contributed by atoms with Gasteiger partial charge in [-0.05, 0) is 20.3 Å². The third kappa shape index (κ3) is 4.53. The zero-order valence-corrected chi connectivity index (χ0v) is 9.09. The summed E-state index contributed by atoms with van der Waals surface area (Å²) in [6.07, 6.45) is -0.0826. The largest absolute Gasteiger partial charge is 0.335 e. The number of hydrogen-bond donors (Lipinski definition) is 0. The number of hydrogen-bond acceptors (Lipinski definition) is 1. The molecule has 0 rings (SSSR count). The highest BCUT2D eigenvalue weighted by Gasteiger charge is 2.24. The van der Waals surface area contributed by atoms with Crippen molar-refractivity contribution in [1.82, 2.24) is 4.90 Å². The molecule has 4 heteroatoms. The minimum atomic E-state index is -2.88. The molecule has 0 aromatic rings. The molecule has 0 fully saturated rings. The molecule has 0 spiro atoms. The molecular formula is C10H19F2NO. The van der Waals surface area contributed by atoms with Gasteiger partial charge >= 0.3 is 6.43 Å². The first kappa shape index (κ1) is 13.3. The van der Waals surface area contributed by atoms with Crippen molar-refractivity contribution in [1.29, 1.82) is 0 Å². The third-order valence-electron chi connectivity index (χ3n) is 2.10. The summed E-state index contributed by atoms with van der Waals surface area (Å²) in [6, 6.07) is -0.145. The first-order valence-electron chi connectivity index (χ1n) is 5.09. The van der Waals surface area contributed by atoms with Crippen LogP contribution in [-0.2, 0) is 4.79 Å². The molecule has 14 heavy (non-hydrogen) atoms. The van der Waals surface area contributed by atoms with Crippen molar-refractivity contribution >= 4 is 5.91 Å². The Morgan fingerprint density at radius 2 is 1.86 bits per heavy atom. The van der Waals surface area contributed by atoms with Crippen molar-refractivity contribution in [3.8, 4) is 0 Å². The smallest absolute Gasteiger partial charge is 0.315 e. The number of amides is 1. The Kier molecular flexibility index (Phi) is 6.41. The van der Waals surface area contributed by atoms with Crippen molar-refractivity contribution in [2.75, 3.05) is 6.54 Å². The highest BCUT2D eigenvalue weighted by atomic mass is 19.3. The van der Waals surface area contributed by atoms with E-state index in [0.29, 0.717) is 6.54 Å². The molecule has 0 heterocycles. The van der Waals surface area contributed by atoms with Gasteiger partial charge in [0.25, 0.3) is 5.91 Å². The molecule has 0 aliphatic carbocycles. The van der Waals surface area contributed by atoms with Gasteiger partial charge in [-0.15, -0.1) is 0 Å². The number of carbonyl (C=O) groups excluding carboxylic acids is 1. The Morgan fingerprint density at radius 3 is 2.21 bits per heavy atom. The molecule has 84 valence electrons. The first-order valence-corrected chi connectivity index (χ1v) is 5.09. The second kappa shape index (κ2) is 6.74. The zero-order chi connectivity index (χ0) is 11.1. The van der Waals surface area contributed by atoms with Gasteiger partial charge in [0, 0.05) is 12.6 Å². The summed E-state index contributed by atoms with van der Waals surface area (Å²) < 4.78 is 24.3. The van der Waals surface area contributed by atoms with Crippen molar-refractivity contribution in [2.24, 2.45) is 0 Å². The lowest BCUT2D eigenvalue weighted by Crippen LogP contribution is -2.41. The van der Waals surface area contributed by atoms with Crippen LogP contribution in [0.2, 0.25) is 0 Å². The molecule has 0 bridgehead atoms. The van der Waals surface area contributed by atoms with Crippen LogP contribution >= 0.6 is 0 Å². The van der Waals surface area contributed by atoms with Gasteiger partial charge in [0.2, 0.25) is 0 Å². The van der Waals surface area contributed by atoms with Gasteiger partial charge in [-0.3, -0.25) is 4.79 Å². The Hall–Kier alpha value is -0.670. The number of halogens is 2. The van der Waals surface area contributed by atoms with Crippen LogP contribution in [0.3, 0.4) is 0 Å². The molecule has 0 aliphatic heterocycles. The molecule has 0 N–H and O–H groups in total. The quantitative estimate of drug-likeness (QED) is 0.613. The maximum Gasteiger partial charge on any atom is 0.315 e. The highest BCUT2D eigenvalue weighted by molar-refractivity contribution is 5.79. The Balaban J connectivity index is 4.09. The van der Waals surface area contributed by atoms with Crippen LogP contribution in [0.4, 0.5) is 8.78 Å². The lowest BCUT2D eigenvalue weighted by molar-refractivity contribution is -0.144. The molecule has 0 unspecified atom stereocenters. The second-order valence-electron chi connectivity index (χ2n) is 3.63. The van der Waals surface area contributed by atoms with Crippen LogP contribution in [-0.4, -0.2) is 29.8 Å². The van der Waals surface area contributed by atoms with E-state index in [1.165, 1.54) is 4.90 Å². The minimum Gasteiger partial charge on any atom is -0.335 e. The van der Waals surface area contributed by atoms with Gasteiger partial charge in [-0.1, -0.05) is 19.8 Å². The number of rotatable bonds is 6. The average molecular weight is 207 g/mol. The van der Waals surface area contributed by atoms with Crippen LogP contribution in [0.25, 0.3) is 0 Å².